The molecule has 0 unspecified atom stereocenters. The Labute approximate surface area is 427 Å². The van der Waals surface area contributed by atoms with Crippen molar-refractivity contribution in [1.82, 2.24) is 0 Å². The molecule has 4 aromatic carbocycles. The third-order valence-corrected chi connectivity index (χ3v) is 11.0. The number of carbonyl (C=O) groups excluding carboxylic acids is 6. The molecular weight excluding hydrogens is 989 g/mol. The summed E-state index contributed by atoms with van der Waals surface area (Å²) in [7, 11) is 1.33. The van der Waals surface area contributed by atoms with Gasteiger partial charge in [0.15, 0.2) is 29.8 Å². The van der Waals surface area contributed by atoms with Crippen molar-refractivity contribution in [3.8, 4) is 28.7 Å². The van der Waals surface area contributed by atoms with Crippen molar-refractivity contribution < 1.29 is 107 Å². The number of rotatable bonds is 20. The SMILES string of the molecule is COc1cc(C=CC(=O)OC[C@H]2O[C@H](O[C@]3(COC(=O)C=Cc4ccc(O)cc4)O[C@H](COC(=O)C=Cc4ccc(O)cc4)[C@@H](O)[C@@H]3OC(=O)C=Cc3ccc(O)cc3)[C@H](OC(C)=O)[C@@H](O)[C@@H]2OC(C)=O)ccc1O. The fourth-order valence-corrected chi connectivity index (χ4v) is 7.38. The zero-order chi connectivity index (χ0) is 54.2. The van der Waals surface area contributed by atoms with Gasteiger partial charge in [-0.05, 0) is 95.1 Å². The van der Waals surface area contributed by atoms with Gasteiger partial charge in [0.25, 0.3) is 0 Å². The number of hydrogen-bond acceptors (Lipinski definition) is 22. The number of phenolic OH excluding ortho intramolecular Hbond substituents is 4. The predicted molar refractivity (Wildman–Crippen MR) is 258 cm³/mol. The summed E-state index contributed by atoms with van der Waals surface area (Å²) in [6.07, 6.45) is -6.22. The number of hydrogen-bond donors (Lipinski definition) is 6. The van der Waals surface area contributed by atoms with E-state index in [1.807, 2.05) is 0 Å². The second kappa shape index (κ2) is 25.9. The van der Waals surface area contributed by atoms with Crippen LogP contribution in [0.15, 0.2) is 115 Å². The Balaban J connectivity index is 1.36. The first-order chi connectivity index (χ1) is 35.8. The van der Waals surface area contributed by atoms with E-state index in [2.05, 4.69) is 0 Å². The molecule has 0 aliphatic carbocycles. The van der Waals surface area contributed by atoms with Gasteiger partial charge < -0.3 is 78.0 Å². The molecule has 0 amide bonds. The lowest BCUT2D eigenvalue weighted by Crippen LogP contribution is -2.65. The van der Waals surface area contributed by atoms with Gasteiger partial charge in [-0.3, -0.25) is 9.59 Å². The van der Waals surface area contributed by atoms with Gasteiger partial charge in [0.2, 0.25) is 12.1 Å². The van der Waals surface area contributed by atoms with Crippen molar-refractivity contribution in [3.05, 3.63) is 138 Å². The van der Waals surface area contributed by atoms with E-state index < -0.39 is 110 Å². The highest BCUT2D eigenvalue weighted by Gasteiger charge is 2.63. The van der Waals surface area contributed by atoms with Crippen LogP contribution in [0.3, 0.4) is 0 Å². The molecule has 2 aliphatic rings. The van der Waals surface area contributed by atoms with Crippen LogP contribution in [-0.4, -0.2) is 148 Å². The lowest BCUT2D eigenvalue weighted by molar-refractivity contribution is -0.384. The lowest BCUT2D eigenvalue weighted by atomic mass is 9.98. The van der Waals surface area contributed by atoms with E-state index in [1.165, 1.54) is 122 Å². The number of aliphatic hydroxyl groups excluding tert-OH is 2. The van der Waals surface area contributed by atoms with Crippen molar-refractivity contribution in [3.63, 3.8) is 0 Å². The average molecular weight is 1040 g/mol. The number of phenols is 4. The fourth-order valence-electron chi connectivity index (χ4n) is 7.38. The minimum Gasteiger partial charge on any atom is -0.508 e. The summed E-state index contributed by atoms with van der Waals surface area (Å²) >= 11 is 0. The summed E-state index contributed by atoms with van der Waals surface area (Å²) in [6.45, 7) is -0.763. The largest absolute Gasteiger partial charge is 0.508 e. The summed E-state index contributed by atoms with van der Waals surface area (Å²) < 4.78 is 56.9. The van der Waals surface area contributed by atoms with E-state index in [-0.39, 0.29) is 28.7 Å². The van der Waals surface area contributed by atoms with Crippen LogP contribution >= 0.6 is 0 Å². The molecule has 2 saturated heterocycles. The monoisotopic (exact) mass is 1040 g/mol. The minimum absolute atomic E-state index is 0.0223. The highest BCUT2D eigenvalue weighted by Crippen LogP contribution is 2.40. The third-order valence-electron chi connectivity index (χ3n) is 11.0. The first-order valence-corrected chi connectivity index (χ1v) is 22.7. The van der Waals surface area contributed by atoms with Crippen LogP contribution in [0.1, 0.15) is 36.1 Å². The van der Waals surface area contributed by atoms with Gasteiger partial charge in [-0.25, -0.2) is 19.2 Å². The summed E-state index contributed by atoms with van der Waals surface area (Å²) in [5.74, 6) is -9.18. The van der Waals surface area contributed by atoms with Crippen molar-refractivity contribution in [2.24, 2.45) is 0 Å². The molecule has 9 atom stereocenters. The number of carbonyl (C=O) groups is 6. The lowest BCUT2D eigenvalue weighted by Gasteiger charge is -2.45. The van der Waals surface area contributed by atoms with Gasteiger partial charge >= 0.3 is 35.8 Å². The van der Waals surface area contributed by atoms with Crippen LogP contribution < -0.4 is 4.74 Å². The summed E-state index contributed by atoms with van der Waals surface area (Å²) in [5.41, 5.74) is 1.76. The van der Waals surface area contributed by atoms with Gasteiger partial charge in [0.1, 0.15) is 61.5 Å². The van der Waals surface area contributed by atoms with E-state index >= 15 is 0 Å². The topological polar surface area (TPSA) is 316 Å². The molecule has 2 heterocycles. The minimum atomic E-state index is -2.77. The number of benzene rings is 4. The molecule has 0 saturated carbocycles. The zero-order valence-corrected chi connectivity index (χ0v) is 40.2. The van der Waals surface area contributed by atoms with Crippen LogP contribution in [0.25, 0.3) is 24.3 Å². The van der Waals surface area contributed by atoms with Crippen molar-refractivity contribution in [2.75, 3.05) is 26.9 Å². The highest BCUT2D eigenvalue weighted by atomic mass is 16.8. The Morgan fingerprint density at radius 3 is 1.48 bits per heavy atom. The number of aliphatic hydroxyl groups is 2. The van der Waals surface area contributed by atoms with Crippen molar-refractivity contribution in [1.29, 1.82) is 0 Å². The molecule has 2 fully saturated rings. The third kappa shape index (κ3) is 16.0. The average Bonchev–Trinajstić information content (AvgIpc) is 3.63. The Hall–Kier alpha value is -8.54. The summed E-state index contributed by atoms with van der Waals surface area (Å²) in [6, 6.07) is 21.3. The maximum Gasteiger partial charge on any atom is 0.331 e. The molecule has 75 heavy (non-hydrogen) atoms. The van der Waals surface area contributed by atoms with E-state index in [1.54, 1.807) is 0 Å². The fraction of sp³-hybridized carbons (Fsp3) is 0.283. The van der Waals surface area contributed by atoms with Gasteiger partial charge in [0.05, 0.1) is 7.11 Å². The molecule has 22 nitrogen and oxygen atoms in total. The van der Waals surface area contributed by atoms with E-state index in [9.17, 15) is 59.4 Å². The Morgan fingerprint density at radius 1 is 0.547 bits per heavy atom. The van der Waals surface area contributed by atoms with Crippen LogP contribution in [0.2, 0.25) is 0 Å². The Bertz CT molecular complexity index is 2770. The number of methoxy groups -OCH3 is 1. The van der Waals surface area contributed by atoms with Crippen LogP contribution in [-0.2, 0) is 71.4 Å². The number of aromatic hydroxyl groups is 4. The maximum atomic E-state index is 13.7. The maximum absolute atomic E-state index is 13.7. The van der Waals surface area contributed by atoms with E-state index in [0.29, 0.717) is 22.3 Å². The Morgan fingerprint density at radius 2 is 0.987 bits per heavy atom. The molecule has 0 aromatic heterocycles. The molecule has 0 radical (unpaired) electrons. The van der Waals surface area contributed by atoms with Crippen molar-refractivity contribution in [2.45, 2.75) is 68.7 Å². The van der Waals surface area contributed by atoms with E-state index in [4.69, 9.17) is 47.4 Å². The molecular formula is C53H52O22. The molecule has 0 bridgehead atoms. The quantitative estimate of drug-likeness (QED) is 0.0418. The molecule has 6 N–H and O–H groups in total. The highest BCUT2D eigenvalue weighted by molar-refractivity contribution is 5.89. The van der Waals surface area contributed by atoms with Gasteiger partial charge in [-0.15, -0.1) is 0 Å². The molecule has 6 rings (SSSR count). The van der Waals surface area contributed by atoms with E-state index in [0.717, 1.165) is 38.2 Å². The normalized spacial score (nSPS) is 23.5. The number of esters is 6. The van der Waals surface area contributed by atoms with Gasteiger partial charge in [-0.1, -0.05) is 42.5 Å². The number of ether oxygens (including phenoxy) is 10. The van der Waals surface area contributed by atoms with Crippen LogP contribution in [0.4, 0.5) is 0 Å². The van der Waals surface area contributed by atoms with Gasteiger partial charge in [0, 0.05) is 38.2 Å². The standard InChI is InChI=1S/C53H52O22/c1-30(54)70-49-42(28-68-44(61)24-14-35-10-21-39(59)40(26-35)66-3)72-52(50(48(49)65)71-31(2)55)75-53(29-69-45(62)23-12-33-6-17-37(57)18-7-33)51(73-46(63)25-13-34-8-19-38(58)20-9-34)47(64)41(74-53)27-67-43(60)22-11-32-4-15-36(56)16-5-32/h4-26,41-42,47-52,56-59,64-65H,27-29H2,1-3H3/t41-,42-,47-,48+,49-,50-,51+,52-,53+/m1/s1. The molecule has 4 aromatic rings. The van der Waals surface area contributed by atoms with Crippen LogP contribution in [0.5, 0.6) is 28.7 Å². The summed E-state index contributed by atoms with van der Waals surface area (Å²) in [5, 5.41) is 62.9. The molecule has 22 heteroatoms. The zero-order valence-electron chi connectivity index (χ0n) is 40.2. The van der Waals surface area contributed by atoms with Gasteiger partial charge in [-0.2, -0.15) is 0 Å². The second-order valence-electron chi connectivity index (χ2n) is 16.5. The molecule has 396 valence electrons. The Kier molecular flexibility index (Phi) is 19.3. The predicted octanol–water partition coefficient (Wildman–Crippen LogP) is 3.63. The molecule has 2 aliphatic heterocycles. The first kappa shape index (κ1) is 55.8. The smallest absolute Gasteiger partial charge is 0.331 e. The van der Waals surface area contributed by atoms with Crippen LogP contribution in [0, 0.1) is 0 Å². The molecule has 0 spiro atoms. The first-order valence-electron chi connectivity index (χ1n) is 22.7. The van der Waals surface area contributed by atoms with Crippen molar-refractivity contribution >= 4 is 60.1 Å². The second-order valence-corrected chi connectivity index (χ2v) is 16.5. The summed E-state index contributed by atoms with van der Waals surface area (Å²) in [4.78, 5) is 78.4.